The predicted octanol–water partition coefficient (Wildman–Crippen LogP) is 3.46. The molecule has 5 bridgehead atoms. The number of amides is 3. The van der Waals surface area contributed by atoms with E-state index in [1.165, 1.54) is 0 Å². The van der Waals surface area contributed by atoms with Crippen LogP contribution in [0.2, 0.25) is 0 Å². The smallest absolute Gasteiger partial charge is 0.313 e. The first kappa shape index (κ1) is 32.4. The van der Waals surface area contributed by atoms with Crippen LogP contribution in [0.3, 0.4) is 0 Å². The van der Waals surface area contributed by atoms with Crippen LogP contribution < -0.4 is 5.32 Å². The number of hydrogen-bond donors (Lipinski definition) is 2. The van der Waals surface area contributed by atoms with Gasteiger partial charge < -0.3 is 29.7 Å². The van der Waals surface area contributed by atoms with Crippen LogP contribution in [0, 0.1) is 17.8 Å². The number of aliphatic hydroxyl groups excluding tert-OH is 1. The summed E-state index contributed by atoms with van der Waals surface area (Å²) in [6.07, 6.45) is 12.3. The lowest BCUT2D eigenvalue weighted by Gasteiger charge is -2.43. The van der Waals surface area contributed by atoms with Crippen molar-refractivity contribution in [1.82, 2.24) is 15.1 Å². The second-order valence-corrected chi connectivity index (χ2v) is 13.5. The third-order valence-corrected chi connectivity index (χ3v) is 10.9. The minimum atomic E-state index is -1.36. The third-order valence-electron chi connectivity index (χ3n) is 10.9. The summed E-state index contributed by atoms with van der Waals surface area (Å²) in [6.45, 7) is 4.08. The molecule has 5 aliphatic rings. The van der Waals surface area contributed by atoms with Gasteiger partial charge in [-0.2, -0.15) is 0 Å². The summed E-state index contributed by atoms with van der Waals surface area (Å²) in [5.74, 6) is -3.42. The Hall–Kier alpha value is -3.50. The number of likely N-dealkylation sites (tertiary alicyclic amines) is 1. The van der Waals surface area contributed by atoms with Gasteiger partial charge in [-0.15, -0.1) is 0 Å². The minimum Gasteiger partial charge on any atom is -0.455 e. The number of aliphatic hydroxyl groups is 1. The van der Waals surface area contributed by atoms with Crippen LogP contribution in [0.25, 0.3) is 0 Å². The lowest BCUT2D eigenvalue weighted by molar-refractivity contribution is -0.161. The zero-order valence-corrected chi connectivity index (χ0v) is 26.9. The van der Waals surface area contributed by atoms with E-state index in [2.05, 4.69) is 5.32 Å². The van der Waals surface area contributed by atoms with E-state index in [0.717, 1.165) is 37.7 Å². The fraction of sp³-hybridized carbons (Fsp3) is 0.611. The van der Waals surface area contributed by atoms with Crippen molar-refractivity contribution in [3.63, 3.8) is 0 Å². The quantitative estimate of drug-likeness (QED) is 0.363. The van der Waals surface area contributed by atoms with Gasteiger partial charge in [-0.3, -0.25) is 19.2 Å². The average molecular weight is 634 g/mol. The highest BCUT2D eigenvalue weighted by Gasteiger charge is 2.74. The van der Waals surface area contributed by atoms with Gasteiger partial charge in [0.15, 0.2) is 0 Å². The van der Waals surface area contributed by atoms with Crippen molar-refractivity contribution in [3.8, 4) is 0 Å². The molecule has 4 aliphatic heterocycles. The number of carbonyl (C=O) groups excluding carboxylic acids is 4. The lowest BCUT2D eigenvalue weighted by Crippen LogP contribution is -2.61. The zero-order valence-electron chi connectivity index (χ0n) is 26.9. The number of allylic oxidation sites excluding steroid dienone is 1. The van der Waals surface area contributed by atoms with Gasteiger partial charge in [0.25, 0.3) is 0 Å². The summed E-state index contributed by atoms with van der Waals surface area (Å²) in [6, 6.07) is 7.55. The molecule has 0 aromatic heterocycles. The molecule has 0 unspecified atom stereocenters. The molecule has 1 aliphatic carbocycles. The van der Waals surface area contributed by atoms with Gasteiger partial charge in [-0.25, -0.2) is 0 Å². The second-order valence-electron chi connectivity index (χ2n) is 13.5. The molecular formula is C36H47N3O7. The van der Waals surface area contributed by atoms with Crippen LogP contribution in [-0.2, 0) is 28.7 Å². The molecule has 3 fully saturated rings. The van der Waals surface area contributed by atoms with Gasteiger partial charge in [0.2, 0.25) is 17.7 Å². The SMILES string of the molecule is CC[C@H](C)[C@H](CO)N1C(=O)[C@H]2[C@@H]3C(=O)O[C@H](c4ccccc4)CNC(=O)CC/C=C\CN(C4CCCCC4)C(=O)[C@H]1[C@@]21C=C[C@@H]3O1. The molecule has 1 spiro atoms. The fourth-order valence-corrected chi connectivity index (χ4v) is 8.23. The summed E-state index contributed by atoms with van der Waals surface area (Å²) in [4.78, 5) is 60.1. The monoisotopic (exact) mass is 633 g/mol. The van der Waals surface area contributed by atoms with Crippen molar-refractivity contribution in [3.05, 3.63) is 60.2 Å². The molecule has 1 saturated carbocycles. The number of nitrogens with zero attached hydrogens (tertiary/aromatic N) is 2. The molecule has 10 heteroatoms. The Bertz CT molecular complexity index is 1360. The van der Waals surface area contributed by atoms with Crippen molar-refractivity contribution in [1.29, 1.82) is 0 Å². The van der Waals surface area contributed by atoms with Crippen LogP contribution in [0.5, 0.6) is 0 Å². The van der Waals surface area contributed by atoms with E-state index < -0.39 is 47.7 Å². The van der Waals surface area contributed by atoms with E-state index >= 15 is 4.79 Å². The fourth-order valence-electron chi connectivity index (χ4n) is 8.23. The Morgan fingerprint density at radius 1 is 1.04 bits per heavy atom. The maximum atomic E-state index is 15.0. The number of hydrogen-bond acceptors (Lipinski definition) is 7. The number of benzene rings is 1. The maximum absolute atomic E-state index is 15.0. The van der Waals surface area contributed by atoms with Crippen LogP contribution >= 0.6 is 0 Å². The van der Waals surface area contributed by atoms with Gasteiger partial charge in [-0.05, 0) is 30.7 Å². The third kappa shape index (κ3) is 5.79. The molecule has 0 radical (unpaired) electrons. The first-order chi connectivity index (χ1) is 22.3. The van der Waals surface area contributed by atoms with E-state index in [1.807, 2.05) is 67.3 Å². The van der Waals surface area contributed by atoms with Gasteiger partial charge in [0.05, 0.1) is 31.2 Å². The number of rotatable bonds is 6. The molecule has 2 N–H and O–H groups in total. The highest BCUT2D eigenvalue weighted by Crippen LogP contribution is 2.56. The largest absolute Gasteiger partial charge is 0.455 e. The minimum absolute atomic E-state index is 0.00478. The molecule has 10 nitrogen and oxygen atoms in total. The molecule has 6 rings (SSSR count). The highest BCUT2D eigenvalue weighted by atomic mass is 16.6. The van der Waals surface area contributed by atoms with Crippen LogP contribution in [0.15, 0.2) is 54.6 Å². The van der Waals surface area contributed by atoms with Crippen molar-refractivity contribution >= 4 is 23.7 Å². The zero-order chi connectivity index (χ0) is 32.4. The average Bonchev–Trinajstić information content (AvgIpc) is 3.72. The lowest BCUT2D eigenvalue weighted by atomic mass is 9.74. The molecule has 2 saturated heterocycles. The van der Waals surface area contributed by atoms with Crippen LogP contribution in [0.4, 0.5) is 0 Å². The molecule has 1 aromatic rings. The van der Waals surface area contributed by atoms with E-state index in [-0.39, 0.29) is 49.3 Å². The Morgan fingerprint density at radius 3 is 2.52 bits per heavy atom. The topological polar surface area (TPSA) is 125 Å². The summed E-state index contributed by atoms with van der Waals surface area (Å²) in [5, 5.41) is 13.6. The summed E-state index contributed by atoms with van der Waals surface area (Å²) in [7, 11) is 0. The van der Waals surface area contributed by atoms with Crippen molar-refractivity contribution in [2.24, 2.45) is 17.8 Å². The normalized spacial score (nSPS) is 34.3. The van der Waals surface area contributed by atoms with Gasteiger partial charge in [-0.1, -0.05) is 94.2 Å². The van der Waals surface area contributed by atoms with Crippen molar-refractivity contribution in [2.45, 2.75) is 101 Å². The van der Waals surface area contributed by atoms with Crippen molar-refractivity contribution < 1.29 is 33.8 Å². The van der Waals surface area contributed by atoms with E-state index in [9.17, 15) is 19.5 Å². The summed E-state index contributed by atoms with van der Waals surface area (Å²) >= 11 is 0. The highest BCUT2D eigenvalue weighted by molar-refractivity contribution is 5.99. The van der Waals surface area contributed by atoms with Crippen molar-refractivity contribution in [2.75, 3.05) is 19.7 Å². The first-order valence-corrected chi connectivity index (χ1v) is 17.1. The first-order valence-electron chi connectivity index (χ1n) is 17.1. The second kappa shape index (κ2) is 13.7. The molecule has 8 atom stereocenters. The summed E-state index contributed by atoms with van der Waals surface area (Å²) in [5.41, 5.74) is -0.638. The van der Waals surface area contributed by atoms with Crippen LogP contribution in [0.1, 0.15) is 76.9 Å². The number of esters is 1. The maximum Gasteiger partial charge on any atom is 0.313 e. The Kier molecular flexibility index (Phi) is 9.66. The van der Waals surface area contributed by atoms with Gasteiger partial charge in [0.1, 0.15) is 23.7 Å². The van der Waals surface area contributed by atoms with Crippen LogP contribution in [-0.4, -0.2) is 88.1 Å². The summed E-state index contributed by atoms with van der Waals surface area (Å²) < 4.78 is 12.7. The van der Waals surface area contributed by atoms with E-state index in [4.69, 9.17) is 9.47 Å². The molecule has 46 heavy (non-hydrogen) atoms. The number of carbonyl (C=O) groups is 4. The van der Waals surface area contributed by atoms with Gasteiger partial charge >= 0.3 is 5.97 Å². The van der Waals surface area contributed by atoms with Gasteiger partial charge in [0, 0.05) is 19.0 Å². The predicted molar refractivity (Wildman–Crippen MR) is 170 cm³/mol. The molecule has 248 valence electrons. The number of nitrogens with one attached hydrogen (secondary N) is 1. The number of fused-ring (bicyclic) bond motifs is 2. The molecule has 3 amide bonds. The Morgan fingerprint density at radius 2 is 1.80 bits per heavy atom. The van der Waals surface area contributed by atoms with E-state index in [1.54, 1.807) is 11.0 Å². The molecular weight excluding hydrogens is 586 g/mol. The Balaban J connectivity index is 1.44. The number of ether oxygens (including phenoxy) is 2. The Labute approximate surface area is 271 Å². The molecule has 4 heterocycles. The number of cyclic esters (lactones) is 1. The molecule has 1 aromatic carbocycles. The van der Waals surface area contributed by atoms with E-state index in [0.29, 0.717) is 19.4 Å². The standard InChI is InChI=1S/C36H47N3O7/c1-3-23(2)26(22-40)39-32-34(43)38(25-15-9-5-10-16-25)20-12-6-11-17-29(41)37-21-28(24-13-7-4-8-14-24)45-35(44)30-27-18-19-36(32,46-27)31(30)33(39)42/h4,6-8,12-14,18-19,23,25-28,30-32,40H,3,5,9-11,15-17,20-22H2,1-2H3,(H,37,41)/b12-6-/t23-,26-,27-,28-,30+,31+,32-,36+/m0/s1.